The maximum atomic E-state index is 14.9. The van der Waals surface area contributed by atoms with Crippen LogP contribution in [0.1, 0.15) is 57.2 Å². The van der Waals surface area contributed by atoms with Gasteiger partial charge in [-0.3, -0.25) is 4.98 Å². The Labute approximate surface area is 171 Å². The second-order valence-corrected chi connectivity index (χ2v) is 6.76. The molecule has 0 saturated carbocycles. The highest BCUT2D eigenvalue weighted by Crippen LogP contribution is 2.36. The number of benzene rings is 1. The summed E-state index contributed by atoms with van der Waals surface area (Å²) in [4.78, 5) is 16.0. The van der Waals surface area contributed by atoms with E-state index in [0.29, 0.717) is 23.4 Å². The van der Waals surface area contributed by atoms with E-state index in [4.69, 9.17) is 18.9 Å². The summed E-state index contributed by atoms with van der Waals surface area (Å²) in [7, 11) is 1.47. The van der Waals surface area contributed by atoms with Gasteiger partial charge in [-0.05, 0) is 26.7 Å². The molecular weight excluding hydrogens is 377 g/mol. The number of unbranched alkanes of at least 4 members (excludes halogenated alkanes) is 4. The maximum Gasteiger partial charge on any atom is 0.511 e. The molecule has 7 heteroatoms. The molecule has 0 spiro atoms. The number of fused-ring (bicyclic) bond motifs is 1. The molecule has 0 fully saturated rings. The number of methoxy groups -OCH3 is 1. The standard InChI is InChI=1S/C22H30FNO5/c1-5-7-8-9-10-11-17-15(3)24-19-13-16(26-4)12-18(23)20(19)21(17)28-14-29-22(25)27-6-2/h12-13H,5-11,14H2,1-4H3. The molecule has 0 aliphatic carbocycles. The minimum Gasteiger partial charge on any atom is -0.497 e. The SMILES string of the molecule is CCCCCCCc1c(C)nc2cc(OC)cc(F)c2c1OCOC(=O)OCC. The van der Waals surface area contributed by atoms with Crippen molar-refractivity contribution in [3.8, 4) is 11.5 Å². The van der Waals surface area contributed by atoms with Crippen LogP contribution in [0.2, 0.25) is 0 Å². The van der Waals surface area contributed by atoms with Gasteiger partial charge in [-0.1, -0.05) is 32.6 Å². The van der Waals surface area contributed by atoms with Crippen molar-refractivity contribution in [1.29, 1.82) is 0 Å². The Hall–Kier alpha value is -2.57. The van der Waals surface area contributed by atoms with Crippen LogP contribution in [-0.4, -0.2) is 31.6 Å². The van der Waals surface area contributed by atoms with Crippen molar-refractivity contribution < 1.29 is 28.1 Å². The van der Waals surface area contributed by atoms with Crippen LogP contribution in [0.15, 0.2) is 12.1 Å². The number of hydrogen-bond acceptors (Lipinski definition) is 6. The van der Waals surface area contributed by atoms with Gasteiger partial charge in [0.2, 0.25) is 6.79 Å². The van der Waals surface area contributed by atoms with Crippen LogP contribution in [0.5, 0.6) is 11.5 Å². The molecule has 29 heavy (non-hydrogen) atoms. The quantitative estimate of drug-likeness (QED) is 0.270. The highest BCUT2D eigenvalue weighted by atomic mass is 19.1. The highest BCUT2D eigenvalue weighted by Gasteiger charge is 2.19. The van der Waals surface area contributed by atoms with Crippen LogP contribution in [0, 0.1) is 12.7 Å². The molecular formula is C22H30FNO5. The number of nitrogens with zero attached hydrogens (tertiary/aromatic N) is 1. The molecule has 0 N–H and O–H groups in total. The first-order valence-electron chi connectivity index (χ1n) is 10.1. The summed E-state index contributed by atoms with van der Waals surface area (Å²) in [6.45, 7) is 5.56. The van der Waals surface area contributed by atoms with Crippen molar-refractivity contribution in [2.45, 2.75) is 59.3 Å². The lowest BCUT2D eigenvalue weighted by molar-refractivity contribution is 0.00700. The van der Waals surface area contributed by atoms with E-state index in [9.17, 15) is 9.18 Å². The first-order valence-corrected chi connectivity index (χ1v) is 10.1. The summed E-state index contributed by atoms with van der Waals surface area (Å²) in [5.74, 6) is 0.237. The maximum absolute atomic E-state index is 14.9. The van der Waals surface area contributed by atoms with Crippen LogP contribution >= 0.6 is 0 Å². The Morgan fingerprint density at radius 1 is 1.10 bits per heavy atom. The lowest BCUT2D eigenvalue weighted by Crippen LogP contribution is -2.13. The Kier molecular flexibility index (Phi) is 8.96. The predicted octanol–water partition coefficient (Wildman–Crippen LogP) is 5.71. The van der Waals surface area contributed by atoms with Crippen molar-refractivity contribution >= 4 is 17.1 Å². The minimum atomic E-state index is -0.828. The molecule has 2 rings (SSSR count). The molecule has 1 heterocycles. The lowest BCUT2D eigenvalue weighted by atomic mass is 10.0. The number of hydrogen-bond donors (Lipinski definition) is 0. The zero-order chi connectivity index (χ0) is 21.2. The molecule has 0 atom stereocenters. The van der Waals surface area contributed by atoms with Gasteiger partial charge in [-0.15, -0.1) is 0 Å². The summed E-state index contributed by atoms with van der Waals surface area (Å²) < 4.78 is 35.4. The van der Waals surface area contributed by atoms with Crippen molar-refractivity contribution in [3.05, 3.63) is 29.2 Å². The van der Waals surface area contributed by atoms with Gasteiger partial charge in [-0.25, -0.2) is 9.18 Å². The largest absolute Gasteiger partial charge is 0.511 e. The first kappa shape index (κ1) is 22.7. The first-order chi connectivity index (χ1) is 14.0. The molecule has 1 aromatic carbocycles. The van der Waals surface area contributed by atoms with Crippen LogP contribution in [0.25, 0.3) is 10.9 Å². The van der Waals surface area contributed by atoms with Crippen molar-refractivity contribution in [2.24, 2.45) is 0 Å². The second kappa shape index (κ2) is 11.4. The van der Waals surface area contributed by atoms with Crippen LogP contribution in [0.4, 0.5) is 9.18 Å². The third kappa shape index (κ3) is 6.21. The fourth-order valence-electron chi connectivity index (χ4n) is 3.22. The highest BCUT2D eigenvalue weighted by molar-refractivity contribution is 5.88. The monoisotopic (exact) mass is 407 g/mol. The van der Waals surface area contributed by atoms with Crippen LogP contribution < -0.4 is 9.47 Å². The molecule has 0 unspecified atom stereocenters. The minimum absolute atomic E-state index is 0.202. The Balaban J connectivity index is 2.34. The third-order valence-corrected chi connectivity index (χ3v) is 4.68. The number of pyridine rings is 1. The molecule has 0 bridgehead atoms. The summed E-state index contributed by atoms with van der Waals surface area (Å²) in [5.41, 5.74) is 2.01. The zero-order valence-corrected chi connectivity index (χ0v) is 17.7. The van der Waals surface area contributed by atoms with E-state index in [2.05, 4.69) is 11.9 Å². The van der Waals surface area contributed by atoms with Crippen LogP contribution in [0.3, 0.4) is 0 Å². The van der Waals surface area contributed by atoms with E-state index in [-0.39, 0.29) is 18.8 Å². The van der Waals surface area contributed by atoms with E-state index in [1.165, 1.54) is 26.0 Å². The Bertz CT molecular complexity index is 825. The topological polar surface area (TPSA) is 66.9 Å². The summed E-state index contributed by atoms with van der Waals surface area (Å²) in [6, 6.07) is 2.96. The van der Waals surface area contributed by atoms with Crippen molar-refractivity contribution in [2.75, 3.05) is 20.5 Å². The van der Waals surface area contributed by atoms with Crippen LogP contribution in [-0.2, 0) is 15.9 Å². The molecule has 1 aromatic heterocycles. The van der Waals surface area contributed by atoms with Gasteiger partial charge in [0.1, 0.15) is 17.3 Å². The zero-order valence-electron chi connectivity index (χ0n) is 17.7. The fourth-order valence-corrected chi connectivity index (χ4v) is 3.22. The molecule has 2 aromatic rings. The van der Waals surface area contributed by atoms with E-state index >= 15 is 0 Å². The number of halogens is 1. The van der Waals surface area contributed by atoms with Gasteiger partial charge >= 0.3 is 6.16 Å². The Morgan fingerprint density at radius 2 is 1.86 bits per heavy atom. The average molecular weight is 407 g/mol. The van der Waals surface area contributed by atoms with Gasteiger partial charge in [0, 0.05) is 23.4 Å². The number of carbonyl (C=O) groups is 1. The average Bonchev–Trinajstić information content (AvgIpc) is 2.69. The predicted molar refractivity (Wildman–Crippen MR) is 109 cm³/mol. The number of ether oxygens (including phenoxy) is 4. The van der Waals surface area contributed by atoms with Crippen molar-refractivity contribution in [1.82, 2.24) is 4.98 Å². The normalized spacial score (nSPS) is 10.8. The molecule has 6 nitrogen and oxygen atoms in total. The van der Waals surface area contributed by atoms with E-state index in [1.807, 2.05) is 6.92 Å². The lowest BCUT2D eigenvalue weighted by Gasteiger charge is -2.17. The van der Waals surface area contributed by atoms with Gasteiger partial charge in [-0.2, -0.15) is 0 Å². The number of carbonyl (C=O) groups excluding carboxylic acids is 1. The smallest absolute Gasteiger partial charge is 0.497 e. The van der Waals surface area contributed by atoms with E-state index in [1.54, 1.807) is 13.0 Å². The number of aromatic nitrogens is 1. The third-order valence-electron chi connectivity index (χ3n) is 4.68. The van der Waals surface area contributed by atoms with Gasteiger partial charge in [0.15, 0.2) is 0 Å². The van der Waals surface area contributed by atoms with Crippen molar-refractivity contribution in [3.63, 3.8) is 0 Å². The summed E-state index contributed by atoms with van der Waals surface area (Å²) in [6.07, 6.45) is 5.42. The van der Waals surface area contributed by atoms with Gasteiger partial charge in [0.05, 0.1) is 24.6 Å². The molecule has 0 amide bonds. The van der Waals surface area contributed by atoms with E-state index < -0.39 is 12.0 Å². The summed E-state index contributed by atoms with van der Waals surface area (Å²) in [5, 5.41) is 0.257. The molecule has 160 valence electrons. The molecule has 0 aliphatic heterocycles. The van der Waals surface area contributed by atoms with Gasteiger partial charge < -0.3 is 18.9 Å². The molecule has 0 saturated heterocycles. The number of aryl methyl sites for hydroxylation is 1. The molecule has 0 aliphatic rings. The van der Waals surface area contributed by atoms with E-state index in [0.717, 1.165) is 30.5 Å². The number of rotatable bonds is 11. The fraction of sp³-hybridized carbons (Fsp3) is 0.545. The Morgan fingerprint density at radius 3 is 2.55 bits per heavy atom. The molecule has 0 radical (unpaired) electrons. The summed E-state index contributed by atoms with van der Waals surface area (Å²) >= 11 is 0. The van der Waals surface area contributed by atoms with Gasteiger partial charge in [0.25, 0.3) is 0 Å². The second-order valence-electron chi connectivity index (χ2n) is 6.76.